The van der Waals surface area contributed by atoms with E-state index in [9.17, 15) is 4.79 Å². The van der Waals surface area contributed by atoms with Gasteiger partial charge in [0.25, 0.3) is 5.91 Å². The number of ether oxygens (including phenoxy) is 1. The first-order chi connectivity index (χ1) is 11.2. The van der Waals surface area contributed by atoms with E-state index in [-0.39, 0.29) is 12.5 Å². The van der Waals surface area contributed by atoms with Gasteiger partial charge in [0.2, 0.25) is 5.88 Å². The molecule has 0 saturated carbocycles. The number of aromatic nitrogens is 2. The molecule has 3 aromatic rings. The van der Waals surface area contributed by atoms with Crippen LogP contribution >= 0.6 is 11.3 Å². The maximum atomic E-state index is 12.2. The fraction of sp³-hybridized carbons (Fsp3) is 0.235. The Labute approximate surface area is 138 Å². The molecular formula is C17H17N3O2S. The monoisotopic (exact) mass is 327 g/mol. The number of carbonyl (C=O) groups is 1. The predicted octanol–water partition coefficient (Wildman–Crippen LogP) is 3.58. The second-order valence-electron chi connectivity index (χ2n) is 5.12. The Hall–Kier alpha value is -2.47. The normalized spacial score (nSPS) is 10.7. The standard InChI is InChI=1S/C17H17N3O2S/c1-3-12-6-4-5-11(2)15(12)20-14(21)9-22-16-13-7-8-23-17(13)19-10-18-16/h4-8,10H,3,9H2,1-2H3,(H,20,21). The van der Waals surface area contributed by atoms with Gasteiger partial charge in [0, 0.05) is 5.69 Å². The molecule has 2 aromatic heterocycles. The topological polar surface area (TPSA) is 64.1 Å². The molecule has 0 atom stereocenters. The van der Waals surface area contributed by atoms with E-state index in [0.29, 0.717) is 5.88 Å². The largest absolute Gasteiger partial charge is 0.467 e. The van der Waals surface area contributed by atoms with Gasteiger partial charge in [-0.05, 0) is 35.9 Å². The molecule has 0 bridgehead atoms. The number of hydrogen-bond acceptors (Lipinski definition) is 5. The Morgan fingerprint density at radius 2 is 2.17 bits per heavy atom. The van der Waals surface area contributed by atoms with Crippen molar-refractivity contribution in [1.29, 1.82) is 0 Å². The first-order valence-electron chi connectivity index (χ1n) is 7.38. The lowest BCUT2D eigenvalue weighted by atomic mass is 10.1. The third kappa shape index (κ3) is 3.32. The van der Waals surface area contributed by atoms with Crippen LogP contribution in [0.25, 0.3) is 10.2 Å². The van der Waals surface area contributed by atoms with Crippen molar-refractivity contribution in [2.75, 3.05) is 11.9 Å². The summed E-state index contributed by atoms with van der Waals surface area (Å²) in [5.41, 5.74) is 3.02. The van der Waals surface area contributed by atoms with Crippen LogP contribution in [0.3, 0.4) is 0 Å². The third-order valence-corrected chi connectivity index (χ3v) is 4.39. The van der Waals surface area contributed by atoms with Gasteiger partial charge >= 0.3 is 0 Å². The summed E-state index contributed by atoms with van der Waals surface area (Å²) in [7, 11) is 0. The number of anilines is 1. The van der Waals surface area contributed by atoms with Crippen molar-refractivity contribution >= 4 is 33.1 Å². The molecule has 0 aliphatic carbocycles. The first kappa shape index (κ1) is 15.4. The minimum atomic E-state index is -0.198. The Morgan fingerprint density at radius 1 is 1.30 bits per heavy atom. The highest BCUT2D eigenvalue weighted by molar-refractivity contribution is 7.16. The van der Waals surface area contributed by atoms with Crippen LogP contribution in [0.1, 0.15) is 18.1 Å². The average Bonchev–Trinajstić information content (AvgIpc) is 3.04. The van der Waals surface area contributed by atoms with Crippen LogP contribution in [-0.4, -0.2) is 22.5 Å². The number of carbonyl (C=O) groups excluding carboxylic acids is 1. The molecule has 0 spiro atoms. The number of nitrogens with zero attached hydrogens (tertiary/aromatic N) is 2. The Bertz CT molecular complexity index is 845. The van der Waals surface area contributed by atoms with E-state index in [0.717, 1.165) is 33.5 Å². The highest BCUT2D eigenvalue weighted by Gasteiger charge is 2.11. The van der Waals surface area contributed by atoms with Crippen LogP contribution in [0.2, 0.25) is 0 Å². The van der Waals surface area contributed by atoms with Crippen molar-refractivity contribution in [3.05, 3.63) is 47.1 Å². The quantitative estimate of drug-likeness (QED) is 0.778. The molecule has 5 nitrogen and oxygen atoms in total. The van der Waals surface area contributed by atoms with Gasteiger partial charge in [0.05, 0.1) is 5.39 Å². The lowest BCUT2D eigenvalue weighted by Gasteiger charge is -2.13. The summed E-state index contributed by atoms with van der Waals surface area (Å²) in [4.78, 5) is 21.3. The molecule has 0 saturated heterocycles. The lowest BCUT2D eigenvalue weighted by molar-refractivity contribution is -0.118. The summed E-state index contributed by atoms with van der Waals surface area (Å²) >= 11 is 1.51. The van der Waals surface area contributed by atoms with Crippen LogP contribution < -0.4 is 10.1 Å². The SMILES string of the molecule is CCc1cccc(C)c1NC(=O)COc1ncnc2sccc12. The summed E-state index contributed by atoms with van der Waals surface area (Å²) in [6, 6.07) is 7.88. The molecular weight excluding hydrogens is 310 g/mol. The summed E-state index contributed by atoms with van der Waals surface area (Å²) in [5.74, 6) is 0.239. The van der Waals surface area contributed by atoms with Crippen LogP contribution in [-0.2, 0) is 11.2 Å². The van der Waals surface area contributed by atoms with Gasteiger partial charge in [-0.1, -0.05) is 25.1 Å². The Morgan fingerprint density at radius 3 is 3.00 bits per heavy atom. The first-order valence-corrected chi connectivity index (χ1v) is 8.26. The van der Waals surface area contributed by atoms with Crippen molar-refractivity contribution in [3.8, 4) is 5.88 Å². The zero-order valence-corrected chi connectivity index (χ0v) is 13.8. The van der Waals surface area contributed by atoms with Gasteiger partial charge in [-0.2, -0.15) is 0 Å². The maximum Gasteiger partial charge on any atom is 0.262 e. The van der Waals surface area contributed by atoms with Crippen molar-refractivity contribution in [3.63, 3.8) is 0 Å². The number of aryl methyl sites for hydroxylation is 2. The van der Waals surface area contributed by atoms with Crippen molar-refractivity contribution in [1.82, 2.24) is 9.97 Å². The number of nitrogens with one attached hydrogen (secondary N) is 1. The van der Waals surface area contributed by atoms with Crippen molar-refractivity contribution in [2.24, 2.45) is 0 Å². The molecule has 1 N–H and O–H groups in total. The molecule has 0 aliphatic heterocycles. The third-order valence-electron chi connectivity index (χ3n) is 3.57. The minimum Gasteiger partial charge on any atom is -0.467 e. The van der Waals surface area contributed by atoms with Gasteiger partial charge in [-0.3, -0.25) is 4.79 Å². The number of hydrogen-bond donors (Lipinski definition) is 1. The van der Waals surface area contributed by atoms with Crippen molar-refractivity contribution in [2.45, 2.75) is 20.3 Å². The van der Waals surface area contributed by atoms with E-state index in [1.807, 2.05) is 36.6 Å². The molecule has 6 heteroatoms. The van der Waals surface area contributed by atoms with Gasteiger partial charge in [0.15, 0.2) is 6.61 Å². The van der Waals surface area contributed by atoms with Gasteiger partial charge in [-0.15, -0.1) is 11.3 Å². The average molecular weight is 327 g/mol. The molecule has 23 heavy (non-hydrogen) atoms. The molecule has 3 rings (SSSR count). The van der Waals surface area contributed by atoms with Crippen LogP contribution in [0, 0.1) is 6.92 Å². The van der Waals surface area contributed by atoms with Gasteiger partial charge in [-0.25, -0.2) is 9.97 Å². The fourth-order valence-electron chi connectivity index (χ4n) is 2.39. The van der Waals surface area contributed by atoms with Gasteiger partial charge < -0.3 is 10.1 Å². The summed E-state index contributed by atoms with van der Waals surface area (Å²) < 4.78 is 5.57. The molecule has 1 amide bonds. The molecule has 0 aliphatic rings. The molecule has 0 radical (unpaired) electrons. The zero-order chi connectivity index (χ0) is 16.2. The molecule has 1 aromatic carbocycles. The lowest BCUT2D eigenvalue weighted by Crippen LogP contribution is -2.21. The molecule has 0 fully saturated rings. The maximum absolute atomic E-state index is 12.2. The van der Waals surface area contributed by atoms with E-state index in [1.165, 1.54) is 17.7 Å². The van der Waals surface area contributed by atoms with Crippen LogP contribution in [0.5, 0.6) is 5.88 Å². The van der Waals surface area contributed by atoms with E-state index >= 15 is 0 Å². The van der Waals surface area contributed by atoms with Crippen LogP contribution in [0.4, 0.5) is 5.69 Å². The second-order valence-corrected chi connectivity index (χ2v) is 6.01. The molecule has 2 heterocycles. The number of fused-ring (bicyclic) bond motifs is 1. The number of benzene rings is 1. The highest BCUT2D eigenvalue weighted by Crippen LogP contribution is 2.25. The van der Waals surface area contributed by atoms with Gasteiger partial charge in [0.1, 0.15) is 11.2 Å². The fourth-order valence-corrected chi connectivity index (χ4v) is 3.12. The van der Waals surface area contributed by atoms with E-state index in [1.54, 1.807) is 0 Å². The zero-order valence-electron chi connectivity index (χ0n) is 13.0. The van der Waals surface area contributed by atoms with E-state index in [2.05, 4.69) is 22.2 Å². The van der Waals surface area contributed by atoms with Crippen molar-refractivity contribution < 1.29 is 9.53 Å². The summed E-state index contributed by atoms with van der Waals surface area (Å²) in [6.07, 6.45) is 2.31. The van der Waals surface area contributed by atoms with Crippen LogP contribution in [0.15, 0.2) is 36.0 Å². The minimum absolute atomic E-state index is 0.0839. The molecule has 0 unspecified atom stereocenters. The summed E-state index contributed by atoms with van der Waals surface area (Å²) in [5, 5.41) is 5.69. The number of amides is 1. The number of rotatable bonds is 5. The number of para-hydroxylation sites is 1. The smallest absolute Gasteiger partial charge is 0.262 e. The second kappa shape index (κ2) is 6.75. The Kier molecular flexibility index (Phi) is 4.52. The highest BCUT2D eigenvalue weighted by atomic mass is 32.1. The number of thiophene rings is 1. The van der Waals surface area contributed by atoms with E-state index < -0.39 is 0 Å². The Balaban J connectivity index is 1.70. The molecule has 118 valence electrons. The van der Waals surface area contributed by atoms with E-state index in [4.69, 9.17) is 4.74 Å². The predicted molar refractivity (Wildman–Crippen MR) is 92.1 cm³/mol. The summed E-state index contributed by atoms with van der Waals surface area (Å²) in [6.45, 7) is 3.96.